The molecule has 2 fully saturated rings. The third kappa shape index (κ3) is 6.28. The molecule has 12 nitrogen and oxygen atoms in total. The smallest absolute Gasteiger partial charge is 0.335 e. The van der Waals surface area contributed by atoms with Gasteiger partial charge in [0.05, 0.1) is 42.9 Å². The fourth-order valence-corrected chi connectivity index (χ4v) is 5.71. The Morgan fingerprint density at radius 2 is 2.07 bits per heavy atom. The maximum absolute atomic E-state index is 13.2. The van der Waals surface area contributed by atoms with E-state index in [0.29, 0.717) is 60.5 Å². The molecule has 0 saturated carbocycles. The number of rotatable bonds is 6. The summed E-state index contributed by atoms with van der Waals surface area (Å²) in [5, 5.41) is 18.2. The zero-order chi connectivity index (χ0) is 30.9. The monoisotopic (exact) mass is 590 g/mol. The van der Waals surface area contributed by atoms with Crippen LogP contribution in [0.2, 0.25) is 0 Å². The van der Waals surface area contributed by atoms with E-state index >= 15 is 0 Å². The van der Waals surface area contributed by atoms with Crippen LogP contribution in [0.15, 0.2) is 35.3 Å². The summed E-state index contributed by atoms with van der Waals surface area (Å²) in [6, 6.07) is 9.39. The molecule has 5 rings (SSSR count). The molecule has 3 atom stereocenters. The molecular weight excluding hydrogens is 552 g/mol. The minimum absolute atomic E-state index is 0.0116. The van der Waals surface area contributed by atoms with Crippen molar-refractivity contribution in [3.05, 3.63) is 51.9 Å². The molecule has 3 aromatic rings. The second-order valence-electron chi connectivity index (χ2n) is 12.3. The summed E-state index contributed by atoms with van der Waals surface area (Å²) in [6.45, 7) is 10.9. The number of nitriles is 1. The summed E-state index contributed by atoms with van der Waals surface area (Å²) >= 11 is 0. The van der Waals surface area contributed by atoms with Gasteiger partial charge in [0.15, 0.2) is 11.9 Å². The van der Waals surface area contributed by atoms with Crippen molar-refractivity contribution in [3.63, 3.8) is 0 Å². The van der Waals surface area contributed by atoms with Crippen molar-refractivity contribution in [2.75, 3.05) is 31.6 Å². The topological polar surface area (TPSA) is 152 Å². The van der Waals surface area contributed by atoms with Gasteiger partial charge in [0.2, 0.25) is 0 Å². The third-order valence-electron chi connectivity index (χ3n) is 7.80. The Hall–Kier alpha value is -4.21. The van der Waals surface area contributed by atoms with Crippen LogP contribution in [0.5, 0.6) is 0 Å². The highest BCUT2D eigenvalue weighted by Crippen LogP contribution is 2.37. The first kappa shape index (κ1) is 30.3. The Morgan fingerprint density at radius 3 is 2.72 bits per heavy atom. The summed E-state index contributed by atoms with van der Waals surface area (Å²) in [5.41, 5.74) is 0.671. The number of amides is 1. The van der Waals surface area contributed by atoms with Gasteiger partial charge in [-0.15, -0.1) is 0 Å². The Kier molecular flexibility index (Phi) is 8.31. The van der Waals surface area contributed by atoms with Crippen molar-refractivity contribution in [3.8, 4) is 6.07 Å². The standard InChI is InChI=1S/C31H38N6O6/c1-19-16-21(6-7-22(19)28(39)36-14-15-41-20(2)17-36)34-26-25-23(9-13-33-27(25)38)37(35-26)31(11-12-32)10-8-24(42-18-31)29(40)43-30(3,4)5/h6-7,9,13,16,20,24H,8,10-11,14-15,17-18H2,1-5H3,(H,33,38)(H,34,35)/t20-,24-,31-/m0/s1. The third-order valence-corrected chi connectivity index (χ3v) is 7.80. The van der Waals surface area contributed by atoms with Gasteiger partial charge >= 0.3 is 5.97 Å². The number of aromatic amines is 1. The summed E-state index contributed by atoms with van der Waals surface area (Å²) in [7, 11) is 0. The predicted octanol–water partition coefficient (Wildman–Crippen LogP) is 3.77. The molecule has 2 aliphatic heterocycles. The lowest BCUT2D eigenvalue weighted by molar-refractivity contribution is -0.176. The van der Waals surface area contributed by atoms with Gasteiger partial charge in [0.1, 0.15) is 11.0 Å². The number of aryl methyl sites for hydroxylation is 1. The molecule has 0 unspecified atom stereocenters. The molecule has 2 saturated heterocycles. The Balaban J connectivity index is 1.43. The largest absolute Gasteiger partial charge is 0.458 e. The average Bonchev–Trinajstić information content (AvgIpc) is 3.32. The number of esters is 1. The van der Waals surface area contributed by atoms with Gasteiger partial charge in [-0.2, -0.15) is 10.4 Å². The SMILES string of the molecule is Cc1cc(Nc2nn([C@]3(CC#N)CC[C@@H](C(=O)OC(C)(C)C)OC3)c3cc[nH]c(=O)c23)ccc1C(=O)N1CCO[C@@H](C)C1. The van der Waals surface area contributed by atoms with E-state index in [4.69, 9.17) is 19.3 Å². The Morgan fingerprint density at radius 1 is 1.28 bits per heavy atom. The van der Waals surface area contributed by atoms with Crippen molar-refractivity contribution in [1.29, 1.82) is 5.26 Å². The van der Waals surface area contributed by atoms with E-state index in [1.54, 1.807) is 48.6 Å². The molecule has 0 spiro atoms. The first-order valence-corrected chi connectivity index (χ1v) is 14.5. The fourth-order valence-electron chi connectivity index (χ4n) is 5.71. The molecule has 12 heteroatoms. The summed E-state index contributed by atoms with van der Waals surface area (Å²) in [4.78, 5) is 43.4. The van der Waals surface area contributed by atoms with Crippen LogP contribution < -0.4 is 10.9 Å². The van der Waals surface area contributed by atoms with Crippen LogP contribution >= 0.6 is 0 Å². The van der Waals surface area contributed by atoms with Crippen LogP contribution in [-0.4, -0.2) is 75.7 Å². The van der Waals surface area contributed by atoms with Crippen LogP contribution in [0, 0.1) is 18.3 Å². The highest BCUT2D eigenvalue weighted by atomic mass is 16.6. The van der Waals surface area contributed by atoms with Gasteiger partial charge < -0.3 is 29.4 Å². The minimum Gasteiger partial charge on any atom is -0.458 e. The number of morpholine rings is 1. The summed E-state index contributed by atoms with van der Waals surface area (Å²) < 4.78 is 18.7. The number of carbonyl (C=O) groups is 2. The summed E-state index contributed by atoms with van der Waals surface area (Å²) in [5.74, 6) is -0.183. The normalized spacial score (nSPS) is 22.7. The lowest BCUT2D eigenvalue weighted by Gasteiger charge is -2.39. The van der Waals surface area contributed by atoms with E-state index in [1.807, 2.05) is 19.9 Å². The Bertz CT molecular complexity index is 1620. The van der Waals surface area contributed by atoms with E-state index in [-0.39, 0.29) is 30.6 Å². The van der Waals surface area contributed by atoms with Crippen molar-refractivity contribution < 1.29 is 23.8 Å². The number of pyridine rings is 1. The molecule has 2 aromatic heterocycles. The maximum atomic E-state index is 13.2. The van der Waals surface area contributed by atoms with Crippen LogP contribution in [-0.2, 0) is 24.5 Å². The number of hydrogen-bond acceptors (Lipinski definition) is 9. The second kappa shape index (κ2) is 11.8. The lowest BCUT2D eigenvalue weighted by atomic mass is 9.87. The van der Waals surface area contributed by atoms with Crippen LogP contribution in [0.3, 0.4) is 0 Å². The van der Waals surface area contributed by atoms with Crippen molar-refractivity contribution >= 4 is 34.3 Å². The van der Waals surface area contributed by atoms with E-state index < -0.39 is 23.2 Å². The highest BCUT2D eigenvalue weighted by Gasteiger charge is 2.43. The van der Waals surface area contributed by atoms with E-state index in [2.05, 4.69) is 16.4 Å². The fraction of sp³-hybridized carbons (Fsp3) is 0.516. The van der Waals surface area contributed by atoms with E-state index in [9.17, 15) is 19.6 Å². The molecule has 1 aromatic carbocycles. The maximum Gasteiger partial charge on any atom is 0.335 e. The Labute approximate surface area is 249 Å². The van der Waals surface area contributed by atoms with Gasteiger partial charge in [0.25, 0.3) is 11.5 Å². The van der Waals surface area contributed by atoms with Gasteiger partial charge in [0, 0.05) is 30.5 Å². The van der Waals surface area contributed by atoms with Crippen molar-refractivity contribution in [2.45, 2.75) is 77.2 Å². The number of nitrogens with zero attached hydrogens (tertiary/aromatic N) is 4. The molecule has 2 N–H and O–H groups in total. The molecule has 0 bridgehead atoms. The second-order valence-corrected chi connectivity index (χ2v) is 12.3. The molecule has 228 valence electrons. The highest BCUT2D eigenvalue weighted by molar-refractivity contribution is 5.97. The average molecular weight is 591 g/mol. The quantitative estimate of drug-likeness (QED) is 0.409. The van der Waals surface area contributed by atoms with Crippen LogP contribution in [0.25, 0.3) is 10.9 Å². The molecular formula is C31H38N6O6. The van der Waals surface area contributed by atoms with Gasteiger partial charge in [-0.1, -0.05) is 0 Å². The number of ether oxygens (including phenoxy) is 3. The molecule has 1 amide bonds. The van der Waals surface area contributed by atoms with E-state index in [1.165, 1.54) is 6.20 Å². The van der Waals surface area contributed by atoms with Gasteiger partial charge in [-0.05, 0) is 77.3 Å². The molecule has 4 heterocycles. The van der Waals surface area contributed by atoms with Crippen LogP contribution in [0.1, 0.15) is 62.9 Å². The number of nitrogens with one attached hydrogen (secondary N) is 2. The molecule has 2 aliphatic rings. The number of H-pyrrole nitrogens is 1. The first-order chi connectivity index (χ1) is 20.4. The molecule has 0 aliphatic carbocycles. The molecule has 0 radical (unpaired) electrons. The summed E-state index contributed by atoms with van der Waals surface area (Å²) in [6.07, 6.45) is 1.59. The number of anilines is 2. The van der Waals surface area contributed by atoms with Gasteiger partial charge in [-0.25, -0.2) is 4.79 Å². The number of fused-ring (bicyclic) bond motifs is 1. The van der Waals surface area contributed by atoms with Gasteiger partial charge in [-0.3, -0.25) is 14.3 Å². The van der Waals surface area contributed by atoms with E-state index in [0.717, 1.165) is 5.56 Å². The molecule has 43 heavy (non-hydrogen) atoms. The lowest BCUT2D eigenvalue weighted by Crippen LogP contribution is -2.47. The zero-order valence-corrected chi connectivity index (χ0v) is 25.2. The minimum atomic E-state index is -0.902. The zero-order valence-electron chi connectivity index (χ0n) is 25.2. The van der Waals surface area contributed by atoms with Crippen molar-refractivity contribution in [2.24, 2.45) is 0 Å². The number of hydrogen-bond donors (Lipinski definition) is 2. The first-order valence-electron chi connectivity index (χ1n) is 14.5. The number of aromatic nitrogens is 3. The number of carbonyl (C=O) groups excluding carboxylic acids is 2. The van der Waals surface area contributed by atoms with Crippen molar-refractivity contribution in [1.82, 2.24) is 19.7 Å². The number of benzene rings is 1. The van der Waals surface area contributed by atoms with Crippen LogP contribution in [0.4, 0.5) is 11.5 Å². The predicted molar refractivity (Wildman–Crippen MR) is 159 cm³/mol.